The third-order valence-electron chi connectivity index (χ3n) is 5.19. The van der Waals surface area contributed by atoms with Crippen LogP contribution in [0.15, 0.2) is 42.5 Å². The molecule has 0 fully saturated rings. The van der Waals surface area contributed by atoms with Gasteiger partial charge in [0.2, 0.25) is 5.91 Å². The van der Waals surface area contributed by atoms with Gasteiger partial charge in [-0.15, -0.1) is 0 Å². The number of phenols is 1. The second-order valence-electron chi connectivity index (χ2n) is 6.93. The largest absolute Gasteiger partial charge is 0.508 e. The molecule has 1 aliphatic heterocycles. The third-order valence-corrected chi connectivity index (χ3v) is 5.43. The fourth-order valence-electron chi connectivity index (χ4n) is 3.97. The SMILES string of the molecule is NCCCC(=O)N1CCc2c([nH]c3ccc(Cl)cc23)C1c1cccc(O)c1. The summed E-state index contributed by atoms with van der Waals surface area (Å²) in [6.07, 6.45) is 1.85. The minimum atomic E-state index is -0.266. The van der Waals surface area contributed by atoms with Gasteiger partial charge in [0.15, 0.2) is 0 Å². The first-order valence-corrected chi connectivity index (χ1v) is 9.54. The molecular weight excluding hydrogens is 362 g/mol. The molecular formula is C21H22ClN3O2. The van der Waals surface area contributed by atoms with Crippen LogP contribution in [0, 0.1) is 0 Å². The summed E-state index contributed by atoms with van der Waals surface area (Å²) in [5.41, 5.74) is 9.66. The van der Waals surface area contributed by atoms with Crippen LogP contribution in [-0.2, 0) is 11.2 Å². The van der Waals surface area contributed by atoms with Crippen molar-refractivity contribution in [1.82, 2.24) is 9.88 Å². The molecule has 6 heteroatoms. The standard InChI is InChI=1S/C21H22ClN3O2/c22-14-6-7-18-17(12-14)16-8-10-25(19(27)5-2-9-23)21(20(16)24-18)13-3-1-4-15(26)11-13/h1,3-4,6-7,11-12,21,24,26H,2,5,8-10,23H2. The number of aromatic amines is 1. The number of fused-ring (bicyclic) bond motifs is 3. The topological polar surface area (TPSA) is 82.4 Å². The fraction of sp³-hybridized carbons (Fsp3) is 0.286. The third kappa shape index (κ3) is 3.29. The number of carbonyl (C=O) groups is 1. The van der Waals surface area contributed by atoms with Gasteiger partial charge in [0.1, 0.15) is 5.75 Å². The first kappa shape index (κ1) is 17.9. The van der Waals surface area contributed by atoms with Crippen LogP contribution in [0.5, 0.6) is 5.75 Å². The predicted octanol–water partition coefficient (Wildman–Crippen LogP) is 3.74. The molecule has 4 rings (SSSR count). The number of carbonyl (C=O) groups excluding carboxylic acids is 1. The van der Waals surface area contributed by atoms with Crippen molar-refractivity contribution in [2.45, 2.75) is 25.3 Å². The van der Waals surface area contributed by atoms with E-state index in [1.165, 1.54) is 5.56 Å². The lowest BCUT2D eigenvalue weighted by Gasteiger charge is -2.36. The lowest BCUT2D eigenvalue weighted by molar-refractivity contribution is -0.133. The van der Waals surface area contributed by atoms with Gasteiger partial charge in [-0.3, -0.25) is 4.79 Å². The molecule has 2 heterocycles. The van der Waals surface area contributed by atoms with Gasteiger partial charge in [-0.25, -0.2) is 0 Å². The molecule has 0 radical (unpaired) electrons. The van der Waals surface area contributed by atoms with E-state index in [0.717, 1.165) is 28.6 Å². The highest BCUT2D eigenvalue weighted by atomic mass is 35.5. The summed E-state index contributed by atoms with van der Waals surface area (Å²) in [5.74, 6) is 0.268. The Morgan fingerprint density at radius 3 is 2.93 bits per heavy atom. The molecule has 3 aromatic rings. The number of hydrogen-bond acceptors (Lipinski definition) is 3. The number of nitrogens with two attached hydrogens (primary N) is 1. The molecule has 1 amide bonds. The predicted molar refractivity (Wildman–Crippen MR) is 107 cm³/mol. The minimum absolute atomic E-state index is 0.0798. The van der Waals surface area contributed by atoms with Crippen molar-refractivity contribution in [3.05, 3.63) is 64.3 Å². The Labute approximate surface area is 162 Å². The van der Waals surface area contributed by atoms with Crippen LogP contribution in [0.3, 0.4) is 0 Å². The zero-order valence-corrected chi connectivity index (χ0v) is 15.7. The number of benzene rings is 2. The van der Waals surface area contributed by atoms with Crippen LogP contribution in [0.4, 0.5) is 0 Å². The quantitative estimate of drug-likeness (QED) is 0.641. The van der Waals surface area contributed by atoms with Crippen molar-refractivity contribution in [3.8, 4) is 5.75 Å². The normalized spacial score (nSPS) is 16.5. The summed E-state index contributed by atoms with van der Waals surface area (Å²) in [6.45, 7) is 1.11. The number of aromatic hydroxyl groups is 1. The first-order valence-electron chi connectivity index (χ1n) is 9.17. The zero-order valence-electron chi connectivity index (χ0n) is 14.9. The van der Waals surface area contributed by atoms with Crippen LogP contribution in [0.25, 0.3) is 10.9 Å². The Bertz CT molecular complexity index is 998. The summed E-state index contributed by atoms with van der Waals surface area (Å²) in [6, 6.07) is 12.6. The van der Waals surface area contributed by atoms with Crippen LogP contribution in [0.1, 0.15) is 35.7 Å². The highest BCUT2D eigenvalue weighted by Gasteiger charge is 2.34. The van der Waals surface area contributed by atoms with Crippen LogP contribution in [0.2, 0.25) is 5.02 Å². The monoisotopic (exact) mass is 383 g/mol. The molecule has 27 heavy (non-hydrogen) atoms. The van der Waals surface area contributed by atoms with Crippen molar-refractivity contribution < 1.29 is 9.90 Å². The number of nitrogens with one attached hydrogen (secondary N) is 1. The van der Waals surface area contributed by atoms with E-state index in [1.807, 2.05) is 29.2 Å². The smallest absolute Gasteiger partial charge is 0.223 e. The van der Waals surface area contributed by atoms with Gasteiger partial charge in [0.25, 0.3) is 0 Å². The second-order valence-corrected chi connectivity index (χ2v) is 7.37. The molecule has 1 atom stereocenters. The van der Waals surface area contributed by atoms with Crippen molar-refractivity contribution >= 4 is 28.4 Å². The average Bonchev–Trinajstić information content (AvgIpc) is 3.03. The van der Waals surface area contributed by atoms with E-state index in [4.69, 9.17) is 17.3 Å². The maximum atomic E-state index is 12.9. The van der Waals surface area contributed by atoms with E-state index >= 15 is 0 Å². The number of H-pyrrole nitrogens is 1. The van der Waals surface area contributed by atoms with E-state index in [9.17, 15) is 9.90 Å². The van der Waals surface area contributed by atoms with Gasteiger partial charge >= 0.3 is 0 Å². The lowest BCUT2D eigenvalue weighted by Crippen LogP contribution is -2.40. The van der Waals surface area contributed by atoms with E-state index in [2.05, 4.69) is 4.98 Å². The zero-order chi connectivity index (χ0) is 19.0. The molecule has 0 saturated heterocycles. The van der Waals surface area contributed by atoms with Crippen molar-refractivity contribution in [1.29, 1.82) is 0 Å². The summed E-state index contributed by atoms with van der Waals surface area (Å²) in [4.78, 5) is 18.3. The maximum absolute atomic E-state index is 12.9. The minimum Gasteiger partial charge on any atom is -0.508 e. The number of rotatable bonds is 4. The van der Waals surface area contributed by atoms with Crippen molar-refractivity contribution in [3.63, 3.8) is 0 Å². The summed E-state index contributed by atoms with van der Waals surface area (Å²) in [5, 5.41) is 11.8. The Balaban J connectivity index is 1.85. The number of amides is 1. The summed E-state index contributed by atoms with van der Waals surface area (Å²) in [7, 11) is 0. The molecule has 4 N–H and O–H groups in total. The summed E-state index contributed by atoms with van der Waals surface area (Å²) < 4.78 is 0. The Morgan fingerprint density at radius 1 is 1.30 bits per heavy atom. The molecule has 2 aromatic carbocycles. The lowest BCUT2D eigenvalue weighted by atomic mass is 9.92. The Morgan fingerprint density at radius 2 is 2.15 bits per heavy atom. The molecule has 140 valence electrons. The van der Waals surface area contributed by atoms with Crippen molar-refractivity contribution in [2.75, 3.05) is 13.1 Å². The van der Waals surface area contributed by atoms with Gasteiger partial charge in [-0.05, 0) is 60.8 Å². The van der Waals surface area contributed by atoms with Gasteiger partial charge in [-0.2, -0.15) is 0 Å². The average molecular weight is 384 g/mol. The molecule has 0 spiro atoms. The van der Waals surface area contributed by atoms with Crippen LogP contribution in [-0.4, -0.2) is 34.0 Å². The highest BCUT2D eigenvalue weighted by molar-refractivity contribution is 6.31. The number of halogens is 1. The highest BCUT2D eigenvalue weighted by Crippen LogP contribution is 2.40. The van der Waals surface area contributed by atoms with E-state index in [-0.39, 0.29) is 17.7 Å². The van der Waals surface area contributed by atoms with Gasteiger partial charge in [0.05, 0.1) is 6.04 Å². The van der Waals surface area contributed by atoms with E-state index in [0.29, 0.717) is 31.0 Å². The first-order chi connectivity index (χ1) is 13.1. The van der Waals surface area contributed by atoms with Gasteiger partial charge in [0, 0.05) is 34.6 Å². The van der Waals surface area contributed by atoms with E-state index < -0.39 is 0 Å². The molecule has 1 aliphatic rings. The second kappa shape index (κ2) is 7.25. The van der Waals surface area contributed by atoms with Crippen LogP contribution < -0.4 is 5.73 Å². The number of aromatic nitrogens is 1. The number of nitrogens with zero attached hydrogens (tertiary/aromatic N) is 1. The molecule has 1 aromatic heterocycles. The molecule has 0 saturated carbocycles. The van der Waals surface area contributed by atoms with Gasteiger partial charge in [-0.1, -0.05) is 23.7 Å². The maximum Gasteiger partial charge on any atom is 0.223 e. The number of phenolic OH excluding ortho intramolecular Hbond substituents is 1. The molecule has 0 aliphatic carbocycles. The molecule has 5 nitrogen and oxygen atoms in total. The van der Waals surface area contributed by atoms with Gasteiger partial charge < -0.3 is 20.7 Å². The van der Waals surface area contributed by atoms with E-state index in [1.54, 1.807) is 18.2 Å². The Kier molecular flexibility index (Phi) is 4.81. The summed E-state index contributed by atoms with van der Waals surface area (Å²) >= 11 is 6.21. The fourth-order valence-corrected chi connectivity index (χ4v) is 4.14. The van der Waals surface area contributed by atoms with Crippen molar-refractivity contribution in [2.24, 2.45) is 5.73 Å². The Hall–Kier alpha value is -2.50. The molecule has 0 bridgehead atoms. The number of hydrogen-bond donors (Lipinski definition) is 3. The molecule has 1 unspecified atom stereocenters. The van der Waals surface area contributed by atoms with Crippen LogP contribution >= 0.6 is 11.6 Å².